The van der Waals surface area contributed by atoms with Crippen molar-refractivity contribution in [2.75, 3.05) is 4.90 Å². The first-order chi connectivity index (χ1) is 14.9. The molecule has 0 aromatic heterocycles. The van der Waals surface area contributed by atoms with Gasteiger partial charge in [-0.3, -0.25) is 19.3 Å². The summed E-state index contributed by atoms with van der Waals surface area (Å²) in [6.07, 6.45) is -0.114. The fourth-order valence-corrected chi connectivity index (χ4v) is 5.12. The number of hydrogen-bond acceptors (Lipinski definition) is 4. The number of anilines is 1. The molecule has 2 aliphatic rings. The van der Waals surface area contributed by atoms with E-state index in [0.717, 1.165) is 4.90 Å². The van der Waals surface area contributed by atoms with Crippen molar-refractivity contribution in [3.05, 3.63) is 93.4 Å². The molecule has 5 nitrogen and oxygen atoms in total. The third-order valence-corrected chi connectivity index (χ3v) is 6.77. The maximum Gasteiger partial charge on any atom is 0.327 e. The summed E-state index contributed by atoms with van der Waals surface area (Å²) in [5.41, 5.74) is 0.127. The Morgan fingerprint density at radius 1 is 0.935 bits per heavy atom. The van der Waals surface area contributed by atoms with Gasteiger partial charge in [-0.15, -0.1) is 0 Å². The van der Waals surface area contributed by atoms with Gasteiger partial charge in [0.1, 0.15) is 11.2 Å². The lowest BCUT2D eigenvalue weighted by molar-refractivity contribution is -0.141. The topological polar surface area (TPSA) is 63.7 Å². The minimum absolute atomic E-state index is 0.114. The Hall–Kier alpha value is -2.96. The minimum atomic E-state index is -1.46. The number of benzene rings is 3. The molecule has 2 heterocycles. The first-order valence-corrected chi connectivity index (χ1v) is 10.8. The summed E-state index contributed by atoms with van der Waals surface area (Å²) in [4.78, 5) is 41.3. The van der Waals surface area contributed by atoms with Gasteiger partial charge in [-0.25, -0.2) is 0 Å². The molecule has 2 atom stereocenters. The summed E-state index contributed by atoms with van der Waals surface area (Å²) >= 11 is 9.52. The number of fused-ring (bicyclic) bond motifs is 1. The average Bonchev–Trinajstić information content (AvgIpc) is 3.23. The molecule has 2 aliphatic heterocycles. The normalized spacial score (nSPS) is 22.6. The molecule has 0 bridgehead atoms. The number of esters is 1. The largest absolute Gasteiger partial charge is 0.424 e. The Morgan fingerprint density at radius 2 is 1.65 bits per heavy atom. The third kappa shape index (κ3) is 2.86. The van der Waals surface area contributed by atoms with Gasteiger partial charge in [0.05, 0.1) is 16.1 Å². The second-order valence-corrected chi connectivity index (χ2v) is 8.77. The second-order valence-electron chi connectivity index (χ2n) is 7.48. The van der Waals surface area contributed by atoms with Crippen LogP contribution in [0.3, 0.4) is 0 Å². The van der Waals surface area contributed by atoms with E-state index >= 15 is 0 Å². The summed E-state index contributed by atoms with van der Waals surface area (Å²) in [7, 11) is 0. The summed E-state index contributed by atoms with van der Waals surface area (Å²) in [5.74, 6) is -1.97. The highest BCUT2D eigenvalue weighted by Gasteiger charge is 2.62. The van der Waals surface area contributed by atoms with Crippen molar-refractivity contribution in [1.29, 1.82) is 0 Å². The number of ether oxygens (including phenoxy) is 1. The van der Waals surface area contributed by atoms with E-state index in [1.165, 1.54) is 0 Å². The molecule has 1 fully saturated rings. The smallest absolute Gasteiger partial charge is 0.327 e. The van der Waals surface area contributed by atoms with Crippen molar-refractivity contribution in [1.82, 2.24) is 0 Å². The van der Waals surface area contributed by atoms with Gasteiger partial charge in [0, 0.05) is 17.0 Å². The molecule has 2 amide bonds. The average molecular weight is 497 g/mol. The van der Waals surface area contributed by atoms with Crippen LogP contribution in [0.25, 0.3) is 0 Å². The van der Waals surface area contributed by atoms with Crippen molar-refractivity contribution in [3.63, 3.8) is 0 Å². The molecule has 0 unspecified atom stereocenters. The molecule has 0 spiro atoms. The van der Waals surface area contributed by atoms with Crippen LogP contribution >= 0.6 is 27.5 Å². The Morgan fingerprint density at radius 3 is 2.35 bits per heavy atom. The lowest BCUT2D eigenvalue weighted by Gasteiger charge is -2.31. The number of hydrogen-bond donors (Lipinski definition) is 0. The molecule has 31 heavy (non-hydrogen) atoms. The summed E-state index contributed by atoms with van der Waals surface area (Å²) in [6.45, 7) is 0. The molecule has 5 rings (SSSR count). The number of nitrogens with zero attached hydrogens (tertiary/aromatic N) is 1. The quantitative estimate of drug-likeness (QED) is 0.294. The van der Waals surface area contributed by atoms with Crippen LogP contribution in [-0.4, -0.2) is 17.8 Å². The number of imide groups is 1. The summed E-state index contributed by atoms with van der Waals surface area (Å²) in [5, 5.41) is 0.500. The van der Waals surface area contributed by atoms with Crippen molar-refractivity contribution >= 4 is 51.0 Å². The Kier molecular flexibility index (Phi) is 4.72. The zero-order chi connectivity index (χ0) is 21.8. The van der Waals surface area contributed by atoms with E-state index in [-0.39, 0.29) is 12.3 Å². The van der Waals surface area contributed by atoms with Gasteiger partial charge < -0.3 is 4.74 Å². The minimum Gasteiger partial charge on any atom is -0.424 e. The van der Waals surface area contributed by atoms with Gasteiger partial charge >= 0.3 is 5.97 Å². The van der Waals surface area contributed by atoms with Crippen LogP contribution < -0.4 is 9.64 Å². The van der Waals surface area contributed by atoms with Gasteiger partial charge in [0.2, 0.25) is 11.8 Å². The van der Waals surface area contributed by atoms with Gasteiger partial charge in [-0.1, -0.05) is 54.1 Å². The van der Waals surface area contributed by atoms with E-state index in [1.807, 2.05) is 6.07 Å². The molecular weight excluding hydrogens is 482 g/mol. The fourth-order valence-electron chi connectivity index (χ4n) is 4.54. The molecule has 0 N–H and O–H groups in total. The highest BCUT2D eigenvalue weighted by atomic mass is 79.9. The fraction of sp³-hybridized carbons (Fsp3) is 0.125. The predicted molar refractivity (Wildman–Crippen MR) is 119 cm³/mol. The van der Waals surface area contributed by atoms with Crippen molar-refractivity contribution < 1.29 is 19.1 Å². The first kappa shape index (κ1) is 20.0. The van der Waals surface area contributed by atoms with Crippen LogP contribution in [0.2, 0.25) is 5.02 Å². The van der Waals surface area contributed by atoms with E-state index in [1.54, 1.807) is 66.7 Å². The lowest BCUT2D eigenvalue weighted by Crippen LogP contribution is -2.46. The number of para-hydroxylation sites is 2. The van der Waals surface area contributed by atoms with Crippen LogP contribution in [0.1, 0.15) is 17.5 Å². The van der Waals surface area contributed by atoms with Crippen molar-refractivity contribution in [2.24, 2.45) is 5.92 Å². The Bertz CT molecular complexity index is 1230. The Balaban J connectivity index is 1.73. The van der Waals surface area contributed by atoms with E-state index in [0.29, 0.717) is 32.1 Å². The monoisotopic (exact) mass is 495 g/mol. The molecule has 154 valence electrons. The lowest BCUT2D eigenvalue weighted by atomic mass is 9.66. The zero-order valence-corrected chi connectivity index (χ0v) is 18.4. The van der Waals surface area contributed by atoms with Gasteiger partial charge in [0.15, 0.2) is 0 Å². The molecule has 0 aliphatic carbocycles. The standard InChI is InChI=1S/C24H15BrClNO4/c25-19-8-4-7-17-21(19)31-23(30)24(17,14-9-11-15(26)12-10-14)18-13-20(28)27(22(18)29)16-5-2-1-3-6-16/h1-12,18H,13H2/t18-,24+/m1/s1. The molecule has 7 heteroatoms. The van der Waals surface area contributed by atoms with Gasteiger partial charge in [-0.2, -0.15) is 0 Å². The highest BCUT2D eigenvalue weighted by Crippen LogP contribution is 2.54. The van der Waals surface area contributed by atoms with Crippen molar-refractivity contribution in [3.8, 4) is 5.75 Å². The third-order valence-electron chi connectivity index (χ3n) is 5.89. The zero-order valence-electron chi connectivity index (χ0n) is 16.0. The first-order valence-electron chi connectivity index (χ1n) is 9.63. The van der Waals surface area contributed by atoms with Crippen LogP contribution in [0.5, 0.6) is 5.75 Å². The number of carbonyl (C=O) groups excluding carboxylic acids is 3. The van der Waals surface area contributed by atoms with Gasteiger partial charge in [-0.05, 0) is 51.8 Å². The number of amides is 2. The SMILES string of the molecule is O=C1C[C@@H]([C@@]2(c3ccc(Cl)cc3)C(=O)Oc3c(Br)cccc32)C(=O)N1c1ccccc1. The van der Waals surface area contributed by atoms with E-state index in [4.69, 9.17) is 16.3 Å². The van der Waals surface area contributed by atoms with E-state index < -0.39 is 23.2 Å². The maximum absolute atomic E-state index is 13.6. The molecule has 3 aromatic carbocycles. The molecule has 3 aromatic rings. The summed E-state index contributed by atoms with van der Waals surface area (Å²) in [6, 6.07) is 20.8. The maximum atomic E-state index is 13.6. The number of carbonyl (C=O) groups is 3. The molecule has 1 saturated heterocycles. The molecule has 0 radical (unpaired) electrons. The van der Waals surface area contributed by atoms with E-state index in [9.17, 15) is 14.4 Å². The van der Waals surface area contributed by atoms with Crippen molar-refractivity contribution in [2.45, 2.75) is 11.8 Å². The van der Waals surface area contributed by atoms with Crippen LogP contribution in [0.4, 0.5) is 5.69 Å². The highest BCUT2D eigenvalue weighted by molar-refractivity contribution is 9.10. The summed E-state index contributed by atoms with van der Waals surface area (Å²) < 4.78 is 6.28. The molecule has 0 saturated carbocycles. The van der Waals surface area contributed by atoms with Gasteiger partial charge in [0.25, 0.3) is 0 Å². The second kappa shape index (κ2) is 7.32. The predicted octanol–water partition coefficient (Wildman–Crippen LogP) is 4.89. The number of halogens is 2. The van der Waals surface area contributed by atoms with Crippen LogP contribution in [-0.2, 0) is 19.8 Å². The Labute approximate surface area is 191 Å². The van der Waals surface area contributed by atoms with Crippen LogP contribution in [0.15, 0.2) is 77.3 Å². The van der Waals surface area contributed by atoms with E-state index in [2.05, 4.69) is 15.9 Å². The molecular formula is C24H15BrClNO4. The number of rotatable bonds is 3. The van der Waals surface area contributed by atoms with Crippen LogP contribution in [0, 0.1) is 5.92 Å².